The SMILES string of the molecule is Cc1c(C)c(O)c(C(CC(=O)N2CCOCC2)c2ccccc2)c(C)c1O. The standard InChI is InChI=1S/C22H27NO4/c1-14-15(2)22(26)20(16(3)21(14)25)18(17-7-5-4-6-8-17)13-19(24)23-9-11-27-12-10-23/h4-8,18,25-26H,9-13H2,1-3H3. The van der Waals surface area contributed by atoms with E-state index in [1.807, 2.05) is 35.2 Å². The predicted molar refractivity (Wildman–Crippen MR) is 104 cm³/mol. The molecule has 0 saturated carbocycles. The zero-order valence-corrected chi connectivity index (χ0v) is 16.2. The number of hydrogen-bond donors (Lipinski definition) is 2. The fourth-order valence-electron chi connectivity index (χ4n) is 3.76. The number of morpholine rings is 1. The summed E-state index contributed by atoms with van der Waals surface area (Å²) in [6, 6.07) is 9.70. The summed E-state index contributed by atoms with van der Waals surface area (Å²) in [5, 5.41) is 21.4. The maximum atomic E-state index is 12.9. The Morgan fingerprint density at radius 2 is 1.59 bits per heavy atom. The summed E-state index contributed by atoms with van der Waals surface area (Å²) in [5.74, 6) is 0.0434. The normalized spacial score (nSPS) is 15.6. The van der Waals surface area contributed by atoms with Crippen LogP contribution in [-0.2, 0) is 9.53 Å². The number of aromatic hydroxyl groups is 2. The average Bonchev–Trinajstić information content (AvgIpc) is 2.71. The van der Waals surface area contributed by atoms with Gasteiger partial charge in [-0.3, -0.25) is 4.79 Å². The smallest absolute Gasteiger partial charge is 0.223 e. The van der Waals surface area contributed by atoms with Crippen LogP contribution < -0.4 is 0 Å². The summed E-state index contributed by atoms with van der Waals surface area (Å²) in [6.07, 6.45) is 0.236. The molecule has 27 heavy (non-hydrogen) atoms. The van der Waals surface area contributed by atoms with Gasteiger partial charge < -0.3 is 19.8 Å². The Hall–Kier alpha value is -2.53. The molecule has 1 atom stereocenters. The Labute approximate surface area is 160 Å². The molecule has 1 unspecified atom stereocenters. The average molecular weight is 369 g/mol. The Morgan fingerprint density at radius 3 is 2.22 bits per heavy atom. The molecule has 1 aliphatic rings. The minimum absolute atomic E-state index is 0.0312. The van der Waals surface area contributed by atoms with Crippen molar-refractivity contribution in [2.24, 2.45) is 0 Å². The monoisotopic (exact) mass is 369 g/mol. The van der Waals surface area contributed by atoms with Crippen LogP contribution >= 0.6 is 0 Å². The highest BCUT2D eigenvalue weighted by atomic mass is 16.5. The molecule has 5 nitrogen and oxygen atoms in total. The minimum Gasteiger partial charge on any atom is -0.507 e. The van der Waals surface area contributed by atoms with Crippen LogP contribution in [0.4, 0.5) is 0 Å². The van der Waals surface area contributed by atoms with Crippen LogP contribution in [0.1, 0.15) is 40.2 Å². The van der Waals surface area contributed by atoms with Crippen molar-refractivity contribution in [2.45, 2.75) is 33.1 Å². The minimum atomic E-state index is -0.327. The molecule has 0 aromatic heterocycles. The molecule has 2 N–H and O–H groups in total. The predicted octanol–water partition coefficient (Wildman–Crippen LogP) is 3.40. The van der Waals surface area contributed by atoms with Crippen LogP contribution in [0.25, 0.3) is 0 Å². The lowest BCUT2D eigenvalue weighted by molar-refractivity contribution is -0.135. The van der Waals surface area contributed by atoms with E-state index in [4.69, 9.17) is 4.74 Å². The highest BCUT2D eigenvalue weighted by Crippen LogP contribution is 2.43. The number of nitrogens with zero attached hydrogens (tertiary/aromatic N) is 1. The molecule has 1 aliphatic heterocycles. The number of phenols is 2. The van der Waals surface area contributed by atoms with Gasteiger partial charge in [-0.25, -0.2) is 0 Å². The molecular weight excluding hydrogens is 342 g/mol. The lowest BCUT2D eigenvalue weighted by atomic mass is 9.82. The van der Waals surface area contributed by atoms with Crippen LogP contribution in [0.15, 0.2) is 30.3 Å². The van der Waals surface area contributed by atoms with Crippen molar-refractivity contribution in [2.75, 3.05) is 26.3 Å². The number of carbonyl (C=O) groups excluding carboxylic acids is 1. The first-order chi connectivity index (χ1) is 12.9. The fourth-order valence-corrected chi connectivity index (χ4v) is 3.76. The van der Waals surface area contributed by atoms with E-state index in [0.29, 0.717) is 48.6 Å². The first kappa shape index (κ1) is 19.2. The lowest BCUT2D eigenvalue weighted by Crippen LogP contribution is -2.41. The van der Waals surface area contributed by atoms with Gasteiger partial charge in [0.2, 0.25) is 5.91 Å². The van der Waals surface area contributed by atoms with Crippen LogP contribution in [0, 0.1) is 20.8 Å². The number of carbonyl (C=O) groups is 1. The van der Waals surface area contributed by atoms with E-state index in [1.54, 1.807) is 20.8 Å². The van der Waals surface area contributed by atoms with Crippen molar-refractivity contribution in [3.05, 3.63) is 58.1 Å². The largest absolute Gasteiger partial charge is 0.507 e. The van der Waals surface area contributed by atoms with E-state index in [1.165, 1.54) is 0 Å². The molecule has 0 bridgehead atoms. The van der Waals surface area contributed by atoms with Crippen LogP contribution in [0.5, 0.6) is 11.5 Å². The van der Waals surface area contributed by atoms with Crippen LogP contribution in [0.2, 0.25) is 0 Å². The summed E-state index contributed by atoms with van der Waals surface area (Å²) < 4.78 is 5.34. The summed E-state index contributed by atoms with van der Waals surface area (Å²) >= 11 is 0. The summed E-state index contributed by atoms with van der Waals surface area (Å²) in [4.78, 5) is 14.8. The van der Waals surface area contributed by atoms with Gasteiger partial charge in [-0.15, -0.1) is 0 Å². The van der Waals surface area contributed by atoms with Gasteiger partial charge in [0.1, 0.15) is 11.5 Å². The zero-order chi connectivity index (χ0) is 19.6. The molecule has 1 fully saturated rings. The summed E-state index contributed by atoms with van der Waals surface area (Å²) in [5.41, 5.74) is 3.51. The van der Waals surface area contributed by atoms with Crippen LogP contribution in [0.3, 0.4) is 0 Å². The second-order valence-corrected chi connectivity index (χ2v) is 7.15. The molecular formula is C22H27NO4. The van der Waals surface area contributed by atoms with Gasteiger partial charge >= 0.3 is 0 Å². The van der Waals surface area contributed by atoms with Gasteiger partial charge in [-0.2, -0.15) is 0 Å². The first-order valence-electron chi connectivity index (χ1n) is 9.33. The van der Waals surface area contributed by atoms with Crippen molar-refractivity contribution < 1.29 is 19.7 Å². The Kier molecular flexibility index (Phi) is 5.71. The van der Waals surface area contributed by atoms with E-state index in [9.17, 15) is 15.0 Å². The van der Waals surface area contributed by atoms with Gasteiger partial charge in [0.05, 0.1) is 13.2 Å². The van der Waals surface area contributed by atoms with Gasteiger partial charge in [-0.1, -0.05) is 30.3 Å². The highest BCUT2D eigenvalue weighted by Gasteiger charge is 2.29. The van der Waals surface area contributed by atoms with Crippen molar-refractivity contribution in [3.63, 3.8) is 0 Å². The molecule has 2 aromatic carbocycles. The van der Waals surface area contributed by atoms with E-state index in [0.717, 1.165) is 5.56 Å². The third-order valence-corrected chi connectivity index (χ3v) is 5.58. The molecule has 0 aliphatic carbocycles. The summed E-state index contributed by atoms with van der Waals surface area (Å²) in [6.45, 7) is 7.66. The molecule has 1 heterocycles. The Morgan fingerprint density at radius 1 is 1.00 bits per heavy atom. The highest BCUT2D eigenvalue weighted by molar-refractivity contribution is 5.78. The molecule has 5 heteroatoms. The molecule has 0 radical (unpaired) electrons. The van der Waals surface area contributed by atoms with Crippen molar-refractivity contribution >= 4 is 5.91 Å². The maximum Gasteiger partial charge on any atom is 0.223 e. The number of ether oxygens (including phenoxy) is 1. The molecule has 1 amide bonds. The number of phenolic OH excluding ortho intramolecular Hbond substituents is 2. The maximum absolute atomic E-state index is 12.9. The third-order valence-electron chi connectivity index (χ3n) is 5.58. The number of amides is 1. The molecule has 2 aromatic rings. The van der Waals surface area contributed by atoms with E-state index >= 15 is 0 Å². The van der Waals surface area contributed by atoms with Gasteiger partial charge in [-0.05, 0) is 43.0 Å². The third kappa shape index (κ3) is 3.78. The second-order valence-electron chi connectivity index (χ2n) is 7.15. The number of benzene rings is 2. The first-order valence-corrected chi connectivity index (χ1v) is 9.33. The molecule has 1 saturated heterocycles. The number of rotatable bonds is 4. The van der Waals surface area contributed by atoms with Gasteiger partial charge in [0.15, 0.2) is 0 Å². The molecule has 0 spiro atoms. The lowest BCUT2D eigenvalue weighted by Gasteiger charge is -2.30. The molecule has 3 rings (SSSR count). The Bertz CT molecular complexity index is 797. The van der Waals surface area contributed by atoms with Gasteiger partial charge in [0.25, 0.3) is 0 Å². The van der Waals surface area contributed by atoms with Crippen molar-refractivity contribution in [3.8, 4) is 11.5 Å². The van der Waals surface area contributed by atoms with E-state index in [2.05, 4.69) is 0 Å². The topological polar surface area (TPSA) is 70.0 Å². The second kappa shape index (κ2) is 8.01. The van der Waals surface area contributed by atoms with Crippen molar-refractivity contribution in [1.29, 1.82) is 0 Å². The van der Waals surface area contributed by atoms with E-state index < -0.39 is 0 Å². The quantitative estimate of drug-likeness (QED) is 0.811. The summed E-state index contributed by atoms with van der Waals surface area (Å²) in [7, 11) is 0. The zero-order valence-electron chi connectivity index (χ0n) is 16.2. The van der Waals surface area contributed by atoms with Crippen molar-refractivity contribution in [1.82, 2.24) is 4.90 Å². The fraction of sp³-hybridized carbons (Fsp3) is 0.409. The Balaban J connectivity index is 2.05. The molecule has 144 valence electrons. The van der Waals surface area contributed by atoms with E-state index in [-0.39, 0.29) is 29.7 Å². The van der Waals surface area contributed by atoms with Gasteiger partial charge in [0, 0.05) is 31.0 Å². The van der Waals surface area contributed by atoms with Crippen LogP contribution in [-0.4, -0.2) is 47.3 Å². The number of hydrogen-bond acceptors (Lipinski definition) is 4.